The quantitative estimate of drug-likeness (QED) is 0.715. The van der Waals surface area contributed by atoms with Gasteiger partial charge in [0.05, 0.1) is 6.26 Å². The first-order valence-corrected chi connectivity index (χ1v) is 4.91. The molecule has 0 aliphatic carbocycles. The highest BCUT2D eigenvalue weighted by atomic mass is 32.2. The first-order valence-electron chi connectivity index (χ1n) is 3.02. The van der Waals surface area contributed by atoms with Crippen molar-refractivity contribution in [1.82, 2.24) is 0 Å². The predicted molar refractivity (Wildman–Crippen MR) is 43.7 cm³/mol. The zero-order valence-corrected chi connectivity index (χ0v) is 6.85. The fourth-order valence-electron chi connectivity index (χ4n) is 0.671. The van der Waals surface area contributed by atoms with Crippen LogP contribution in [-0.2, 0) is 10.0 Å². The molecule has 1 aromatic carbocycles. The Kier molecular flexibility index (Phi) is 2.14. The van der Waals surface area contributed by atoms with Gasteiger partial charge < -0.3 is 0 Å². The molecule has 1 radical (unpaired) electrons. The summed E-state index contributed by atoms with van der Waals surface area (Å²) in [6.45, 7) is 0. The van der Waals surface area contributed by atoms with E-state index < -0.39 is 10.0 Å². The molecule has 0 atom stereocenters. The molecule has 0 amide bonds. The van der Waals surface area contributed by atoms with Crippen LogP contribution in [0, 0.1) is 6.07 Å². The van der Waals surface area contributed by atoms with Crippen LogP contribution in [0.5, 0.6) is 0 Å². The molecule has 0 aliphatic rings. The number of rotatable bonds is 2. The Morgan fingerprint density at radius 1 is 1.55 bits per heavy atom. The van der Waals surface area contributed by atoms with Crippen molar-refractivity contribution in [2.75, 3.05) is 11.0 Å². The fourth-order valence-corrected chi connectivity index (χ4v) is 1.23. The molecule has 4 heteroatoms. The molecule has 59 valence electrons. The van der Waals surface area contributed by atoms with E-state index >= 15 is 0 Å². The topological polar surface area (TPSA) is 46.2 Å². The van der Waals surface area contributed by atoms with E-state index in [0.717, 1.165) is 6.26 Å². The Hall–Kier alpha value is -1.03. The summed E-state index contributed by atoms with van der Waals surface area (Å²) in [5, 5.41) is 0. The third-order valence-electron chi connectivity index (χ3n) is 1.01. The molecule has 0 fully saturated rings. The lowest BCUT2D eigenvalue weighted by Gasteiger charge is -2.00. The van der Waals surface area contributed by atoms with Crippen LogP contribution in [0.15, 0.2) is 24.3 Å². The Bertz CT molecular complexity index is 318. The average molecular weight is 170 g/mol. The van der Waals surface area contributed by atoms with Crippen molar-refractivity contribution in [2.24, 2.45) is 0 Å². The van der Waals surface area contributed by atoms with E-state index in [1.165, 1.54) is 0 Å². The fraction of sp³-hybridized carbons (Fsp3) is 0.143. The molecule has 0 bridgehead atoms. The minimum absolute atomic E-state index is 0.537. The molecule has 0 saturated heterocycles. The summed E-state index contributed by atoms with van der Waals surface area (Å²) in [7, 11) is -3.15. The van der Waals surface area contributed by atoms with Crippen molar-refractivity contribution in [3.8, 4) is 0 Å². The molecular formula is C7H8NO2S. The molecule has 1 aromatic rings. The second kappa shape index (κ2) is 2.92. The zero-order chi connectivity index (χ0) is 8.32. The lowest BCUT2D eigenvalue weighted by molar-refractivity contribution is 0.607. The van der Waals surface area contributed by atoms with Gasteiger partial charge in [0.2, 0.25) is 10.0 Å². The van der Waals surface area contributed by atoms with Gasteiger partial charge in [-0.3, -0.25) is 4.72 Å². The zero-order valence-electron chi connectivity index (χ0n) is 6.03. The highest BCUT2D eigenvalue weighted by Gasteiger charge is 1.98. The largest absolute Gasteiger partial charge is 0.284 e. The molecule has 0 saturated carbocycles. The van der Waals surface area contributed by atoms with Crippen LogP contribution < -0.4 is 4.72 Å². The highest BCUT2D eigenvalue weighted by Crippen LogP contribution is 2.05. The molecule has 1 N–H and O–H groups in total. The van der Waals surface area contributed by atoms with Crippen molar-refractivity contribution in [1.29, 1.82) is 0 Å². The number of hydrogen-bond donors (Lipinski definition) is 1. The maximum absolute atomic E-state index is 10.7. The third kappa shape index (κ3) is 3.04. The number of hydrogen-bond acceptors (Lipinski definition) is 2. The third-order valence-corrected chi connectivity index (χ3v) is 1.62. The van der Waals surface area contributed by atoms with Crippen molar-refractivity contribution >= 4 is 15.7 Å². The summed E-state index contributed by atoms with van der Waals surface area (Å²) in [5.41, 5.74) is 0.537. The van der Waals surface area contributed by atoms with Crippen molar-refractivity contribution in [3.63, 3.8) is 0 Å². The minimum atomic E-state index is -3.15. The maximum atomic E-state index is 10.7. The Morgan fingerprint density at radius 3 is 2.73 bits per heavy atom. The molecule has 1 rings (SSSR count). The van der Waals surface area contributed by atoms with Crippen LogP contribution in [0.2, 0.25) is 0 Å². The lowest BCUT2D eigenvalue weighted by Crippen LogP contribution is -2.08. The van der Waals surface area contributed by atoms with Gasteiger partial charge in [-0.2, -0.15) is 0 Å². The molecule has 0 unspecified atom stereocenters. The van der Waals surface area contributed by atoms with Crippen LogP contribution in [0.3, 0.4) is 0 Å². The van der Waals surface area contributed by atoms with E-state index in [1.54, 1.807) is 24.3 Å². The van der Waals surface area contributed by atoms with Crippen LogP contribution in [0.25, 0.3) is 0 Å². The van der Waals surface area contributed by atoms with Crippen molar-refractivity contribution < 1.29 is 8.42 Å². The first-order chi connectivity index (χ1) is 5.08. The molecule has 0 aliphatic heterocycles. The Balaban J connectivity index is 2.82. The van der Waals surface area contributed by atoms with Crippen LogP contribution in [0.4, 0.5) is 5.69 Å². The minimum Gasteiger partial charge on any atom is -0.284 e. The first kappa shape index (κ1) is 8.07. The Labute approximate surface area is 66.1 Å². The molecule has 0 aromatic heterocycles. The van der Waals surface area contributed by atoms with Crippen LogP contribution in [0.1, 0.15) is 0 Å². The van der Waals surface area contributed by atoms with E-state index in [-0.39, 0.29) is 0 Å². The Morgan fingerprint density at radius 2 is 2.27 bits per heavy atom. The van der Waals surface area contributed by atoms with Crippen LogP contribution >= 0.6 is 0 Å². The van der Waals surface area contributed by atoms with Gasteiger partial charge in [-0.1, -0.05) is 12.1 Å². The van der Waals surface area contributed by atoms with E-state index in [0.29, 0.717) is 5.69 Å². The molecule has 11 heavy (non-hydrogen) atoms. The number of nitrogens with one attached hydrogen (secondary N) is 1. The van der Waals surface area contributed by atoms with Gasteiger partial charge in [0.25, 0.3) is 0 Å². The number of sulfonamides is 1. The standard InChI is InChI=1S/C7H8NO2S/c1-11(9,10)8-7-5-3-2-4-6-7/h2-3,5-6,8H,1H3. The number of anilines is 1. The van der Waals surface area contributed by atoms with Gasteiger partial charge in [0.1, 0.15) is 0 Å². The van der Waals surface area contributed by atoms with E-state index in [9.17, 15) is 8.42 Å². The van der Waals surface area contributed by atoms with E-state index in [4.69, 9.17) is 0 Å². The van der Waals surface area contributed by atoms with Crippen LogP contribution in [-0.4, -0.2) is 14.7 Å². The molecule has 3 nitrogen and oxygen atoms in total. The smallest absolute Gasteiger partial charge is 0.229 e. The summed E-state index contributed by atoms with van der Waals surface area (Å²) < 4.78 is 23.7. The van der Waals surface area contributed by atoms with Crippen molar-refractivity contribution in [3.05, 3.63) is 30.3 Å². The van der Waals surface area contributed by atoms with Gasteiger partial charge in [-0.05, 0) is 18.2 Å². The average Bonchev–Trinajstić information content (AvgIpc) is 1.85. The maximum Gasteiger partial charge on any atom is 0.229 e. The summed E-state index contributed by atoms with van der Waals surface area (Å²) in [6, 6.07) is 9.41. The van der Waals surface area contributed by atoms with Crippen molar-refractivity contribution in [2.45, 2.75) is 0 Å². The van der Waals surface area contributed by atoms with Gasteiger partial charge in [0, 0.05) is 5.69 Å². The van der Waals surface area contributed by atoms with Gasteiger partial charge in [0.15, 0.2) is 0 Å². The predicted octanol–water partition coefficient (Wildman–Crippen LogP) is 0.858. The SMILES string of the molecule is CS(=O)(=O)Nc1c[c]ccc1. The summed E-state index contributed by atoms with van der Waals surface area (Å²) in [6.07, 6.45) is 1.11. The molecular weight excluding hydrogens is 162 g/mol. The van der Waals surface area contributed by atoms with E-state index in [2.05, 4.69) is 10.8 Å². The van der Waals surface area contributed by atoms with Gasteiger partial charge in [-0.25, -0.2) is 8.42 Å². The molecule has 0 spiro atoms. The lowest BCUT2D eigenvalue weighted by atomic mass is 10.3. The molecule has 0 heterocycles. The normalized spacial score (nSPS) is 11.0. The summed E-state index contributed by atoms with van der Waals surface area (Å²) in [5.74, 6) is 0. The van der Waals surface area contributed by atoms with E-state index in [1.807, 2.05) is 0 Å². The highest BCUT2D eigenvalue weighted by molar-refractivity contribution is 7.92. The summed E-state index contributed by atoms with van der Waals surface area (Å²) in [4.78, 5) is 0. The number of benzene rings is 1. The summed E-state index contributed by atoms with van der Waals surface area (Å²) >= 11 is 0. The second-order valence-corrected chi connectivity index (χ2v) is 3.91. The monoisotopic (exact) mass is 170 g/mol. The van der Waals surface area contributed by atoms with Gasteiger partial charge >= 0.3 is 0 Å². The van der Waals surface area contributed by atoms with Gasteiger partial charge in [-0.15, -0.1) is 0 Å². The second-order valence-electron chi connectivity index (χ2n) is 2.17.